The van der Waals surface area contributed by atoms with Crippen LogP contribution in [0.15, 0.2) is 48.5 Å². The van der Waals surface area contributed by atoms with Gasteiger partial charge in [0.15, 0.2) is 0 Å². The van der Waals surface area contributed by atoms with Crippen molar-refractivity contribution in [1.82, 2.24) is 10.2 Å². The number of alkyl halides is 3. The zero-order chi connectivity index (χ0) is 25.9. The fraction of sp³-hybridized carbons (Fsp3) is 0.462. The SMILES string of the molecule is O=C(CNC(=O)c1cccc(C(F)(F)F)c1)[AsH]C1CN(C2CCC(c3ccc(F)cc3)CC2)CC1O. The molecule has 1 saturated carbocycles. The Kier molecular flexibility index (Phi) is 8.53. The Morgan fingerprint density at radius 3 is 2.39 bits per heavy atom. The van der Waals surface area contributed by atoms with Gasteiger partial charge in [0, 0.05) is 0 Å². The van der Waals surface area contributed by atoms with Gasteiger partial charge in [0.05, 0.1) is 0 Å². The average Bonchev–Trinajstić information content (AvgIpc) is 3.22. The molecule has 2 N–H and O–H groups in total. The molecular weight excluding hydrogens is 539 g/mol. The number of likely N-dealkylation sites (tertiary alicyclic amines) is 1. The topological polar surface area (TPSA) is 69.6 Å². The van der Waals surface area contributed by atoms with E-state index in [2.05, 4.69) is 10.2 Å². The minimum absolute atomic E-state index is 0.127. The van der Waals surface area contributed by atoms with Crippen molar-refractivity contribution in [3.63, 3.8) is 0 Å². The average molecular weight is 568 g/mol. The number of nitrogens with zero attached hydrogens (tertiary/aromatic N) is 1. The number of carbonyl (C=O) groups is 2. The van der Waals surface area contributed by atoms with Gasteiger partial charge in [-0.2, -0.15) is 0 Å². The molecule has 2 fully saturated rings. The molecule has 1 amide bonds. The number of rotatable bonds is 7. The summed E-state index contributed by atoms with van der Waals surface area (Å²) in [5.41, 5.74) is 0.0790. The number of benzene rings is 2. The van der Waals surface area contributed by atoms with Gasteiger partial charge in [-0.15, -0.1) is 0 Å². The van der Waals surface area contributed by atoms with Crippen LogP contribution in [0.1, 0.15) is 53.1 Å². The molecule has 36 heavy (non-hydrogen) atoms. The standard InChI is InChI=1S/C26H29AsF4N2O3/c28-20-8-4-16(5-9-20)17-6-10-21(11-7-17)33-14-22(23(34)15-33)27-24(35)13-32-25(36)18-2-1-3-19(12-18)26(29,30)31/h1-5,8-9,12,17,21-23,27,34H,6-7,10-11,13-15H2,(H,32,36). The van der Waals surface area contributed by atoms with Crippen molar-refractivity contribution >= 4 is 26.2 Å². The van der Waals surface area contributed by atoms with Gasteiger partial charge in [0.1, 0.15) is 0 Å². The Morgan fingerprint density at radius 1 is 1.03 bits per heavy atom. The third kappa shape index (κ3) is 6.75. The zero-order valence-electron chi connectivity index (χ0n) is 19.6. The Hall–Kier alpha value is -2.22. The predicted molar refractivity (Wildman–Crippen MR) is 129 cm³/mol. The number of nitrogens with one attached hydrogen (secondary N) is 1. The number of aliphatic hydroxyl groups is 1. The molecule has 3 atom stereocenters. The zero-order valence-corrected chi connectivity index (χ0v) is 21.7. The summed E-state index contributed by atoms with van der Waals surface area (Å²) in [5.74, 6) is -0.564. The molecule has 2 aliphatic rings. The van der Waals surface area contributed by atoms with Gasteiger partial charge in [0.2, 0.25) is 0 Å². The van der Waals surface area contributed by atoms with E-state index in [9.17, 15) is 32.3 Å². The molecule has 1 aliphatic carbocycles. The van der Waals surface area contributed by atoms with E-state index in [0.29, 0.717) is 25.0 Å². The van der Waals surface area contributed by atoms with Crippen molar-refractivity contribution in [2.45, 2.75) is 54.6 Å². The molecule has 1 heterocycles. The number of β-amino-alcohol motifs (C(OH)–C–C–N with tert-alkyl or cyclic N) is 1. The molecule has 0 spiro atoms. The van der Waals surface area contributed by atoms with E-state index < -0.39 is 39.5 Å². The van der Waals surface area contributed by atoms with Gasteiger partial charge in [-0.3, -0.25) is 0 Å². The van der Waals surface area contributed by atoms with Gasteiger partial charge < -0.3 is 0 Å². The summed E-state index contributed by atoms with van der Waals surface area (Å²) >= 11 is -1.23. The van der Waals surface area contributed by atoms with Gasteiger partial charge in [-0.1, -0.05) is 0 Å². The van der Waals surface area contributed by atoms with Gasteiger partial charge in [-0.05, 0) is 0 Å². The van der Waals surface area contributed by atoms with Crippen LogP contribution in [-0.2, 0) is 11.0 Å². The van der Waals surface area contributed by atoms with Crippen molar-refractivity contribution in [2.75, 3.05) is 19.6 Å². The van der Waals surface area contributed by atoms with Crippen LogP contribution in [-0.4, -0.2) is 68.0 Å². The Bertz CT molecular complexity index is 1070. The molecule has 1 aliphatic heterocycles. The number of hydrogen-bond donors (Lipinski definition) is 2. The molecule has 4 rings (SSSR count). The van der Waals surface area contributed by atoms with Crippen LogP contribution in [0.3, 0.4) is 0 Å². The third-order valence-corrected chi connectivity index (χ3v) is 10.1. The van der Waals surface area contributed by atoms with E-state index >= 15 is 0 Å². The maximum absolute atomic E-state index is 13.2. The number of amides is 1. The van der Waals surface area contributed by atoms with E-state index in [1.165, 1.54) is 18.2 Å². The fourth-order valence-corrected chi connectivity index (χ4v) is 7.70. The minimum atomic E-state index is -4.55. The normalized spacial score (nSPS) is 25.4. The van der Waals surface area contributed by atoms with Crippen LogP contribution < -0.4 is 5.32 Å². The molecule has 5 nitrogen and oxygen atoms in total. The molecule has 0 radical (unpaired) electrons. The second-order valence-electron chi connectivity index (χ2n) is 9.51. The Labute approximate surface area is 213 Å². The first-order valence-electron chi connectivity index (χ1n) is 12.0. The second-order valence-corrected chi connectivity index (χ2v) is 12.8. The molecule has 2 aromatic carbocycles. The number of carbonyl (C=O) groups excluding carboxylic acids is 2. The summed E-state index contributed by atoms with van der Waals surface area (Å²) in [6, 6.07) is 11.1. The first kappa shape index (κ1) is 26.8. The van der Waals surface area contributed by atoms with Gasteiger partial charge in [0.25, 0.3) is 0 Å². The van der Waals surface area contributed by atoms with Gasteiger partial charge >= 0.3 is 214 Å². The van der Waals surface area contributed by atoms with Crippen LogP contribution in [0.4, 0.5) is 17.6 Å². The molecule has 2 aromatic rings. The Morgan fingerprint density at radius 2 is 1.72 bits per heavy atom. The van der Waals surface area contributed by atoms with Crippen molar-refractivity contribution in [3.8, 4) is 0 Å². The third-order valence-electron chi connectivity index (χ3n) is 7.08. The van der Waals surface area contributed by atoms with E-state index in [0.717, 1.165) is 49.4 Å². The fourth-order valence-electron chi connectivity index (χ4n) is 5.12. The summed E-state index contributed by atoms with van der Waals surface area (Å²) in [6.45, 7) is 0.908. The van der Waals surface area contributed by atoms with Crippen molar-refractivity contribution in [1.29, 1.82) is 0 Å². The first-order chi connectivity index (χ1) is 17.1. The van der Waals surface area contributed by atoms with E-state index in [1.807, 2.05) is 12.1 Å². The molecule has 194 valence electrons. The number of hydrogen-bond acceptors (Lipinski definition) is 4. The van der Waals surface area contributed by atoms with Crippen molar-refractivity contribution in [3.05, 3.63) is 71.0 Å². The molecule has 10 heteroatoms. The monoisotopic (exact) mass is 568 g/mol. The summed E-state index contributed by atoms with van der Waals surface area (Å²) in [4.78, 5) is 27.0. The second kappa shape index (κ2) is 11.4. The Balaban J connectivity index is 1.23. The summed E-state index contributed by atoms with van der Waals surface area (Å²) < 4.78 is 51.5. The molecule has 1 saturated heterocycles. The molecule has 3 unspecified atom stereocenters. The van der Waals surface area contributed by atoms with E-state index in [-0.39, 0.29) is 27.2 Å². The van der Waals surface area contributed by atoms with E-state index in [4.69, 9.17) is 0 Å². The summed E-state index contributed by atoms with van der Waals surface area (Å²) in [7, 11) is 0. The molecular formula is C26H29AsF4N2O3. The predicted octanol–water partition coefficient (Wildman–Crippen LogP) is 3.73. The van der Waals surface area contributed by atoms with Crippen LogP contribution in [0.5, 0.6) is 0 Å². The van der Waals surface area contributed by atoms with E-state index in [1.54, 1.807) is 0 Å². The summed E-state index contributed by atoms with van der Waals surface area (Å²) in [5, 5.41) is 13.0. The first-order valence-corrected chi connectivity index (χ1v) is 14.3. The van der Waals surface area contributed by atoms with Crippen LogP contribution in [0, 0.1) is 5.82 Å². The van der Waals surface area contributed by atoms with Crippen molar-refractivity contribution in [2.24, 2.45) is 0 Å². The summed E-state index contributed by atoms with van der Waals surface area (Å²) in [6.07, 6.45) is -1.22. The van der Waals surface area contributed by atoms with Crippen LogP contribution in [0.25, 0.3) is 0 Å². The molecule has 0 aromatic heterocycles. The quantitative estimate of drug-likeness (QED) is 0.395. The molecule has 0 bridgehead atoms. The van der Waals surface area contributed by atoms with Crippen LogP contribution in [0.2, 0.25) is 4.71 Å². The van der Waals surface area contributed by atoms with Crippen LogP contribution >= 0.6 is 0 Å². The maximum atomic E-state index is 13.2. The number of aliphatic hydroxyl groups excluding tert-OH is 1. The van der Waals surface area contributed by atoms with Gasteiger partial charge in [-0.25, -0.2) is 0 Å². The number of halogens is 4. The van der Waals surface area contributed by atoms with Crippen molar-refractivity contribution < 1.29 is 32.3 Å².